The lowest BCUT2D eigenvalue weighted by atomic mass is 10.2. The Morgan fingerprint density at radius 2 is 2.31 bits per heavy atom. The summed E-state index contributed by atoms with van der Waals surface area (Å²) < 4.78 is 2.40. The van der Waals surface area contributed by atoms with Crippen LogP contribution in [-0.4, -0.2) is 19.7 Å². The summed E-state index contributed by atoms with van der Waals surface area (Å²) >= 11 is 5.15. The van der Waals surface area contributed by atoms with E-state index in [1.54, 1.807) is 4.68 Å². The van der Waals surface area contributed by atoms with Gasteiger partial charge in [-0.25, -0.2) is 4.98 Å². The Kier molecular flexibility index (Phi) is 3.14. The van der Waals surface area contributed by atoms with Gasteiger partial charge in [0.1, 0.15) is 10.5 Å². The summed E-state index contributed by atoms with van der Waals surface area (Å²) in [5.74, 6) is 0.939. The summed E-state index contributed by atoms with van der Waals surface area (Å²) in [6, 6.07) is 1.87. The fourth-order valence-electron chi connectivity index (χ4n) is 1.58. The number of nitrogens with zero attached hydrogens (tertiary/aromatic N) is 3. The Morgan fingerprint density at radius 1 is 1.50 bits per heavy atom. The molecule has 0 aliphatic carbocycles. The zero-order valence-electron chi connectivity index (χ0n) is 9.40. The zero-order chi connectivity index (χ0) is 11.5. The SMILES string of the molecule is CCCc1nc(=S)cc(-c2cnn(C)c2)[nH]1. The van der Waals surface area contributed by atoms with Crippen LogP contribution in [0.4, 0.5) is 0 Å². The van der Waals surface area contributed by atoms with Gasteiger partial charge in [-0.1, -0.05) is 19.1 Å². The summed E-state index contributed by atoms with van der Waals surface area (Å²) in [6.07, 6.45) is 5.74. The molecule has 0 aromatic carbocycles. The van der Waals surface area contributed by atoms with E-state index in [4.69, 9.17) is 12.2 Å². The van der Waals surface area contributed by atoms with Crippen LogP contribution in [-0.2, 0) is 13.5 Å². The maximum absolute atomic E-state index is 5.15. The molecule has 0 unspecified atom stereocenters. The van der Waals surface area contributed by atoms with Gasteiger partial charge in [0, 0.05) is 25.2 Å². The fourth-order valence-corrected chi connectivity index (χ4v) is 1.81. The maximum Gasteiger partial charge on any atom is 0.130 e. The summed E-state index contributed by atoms with van der Waals surface area (Å²) in [7, 11) is 1.90. The monoisotopic (exact) mass is 234 g/mol. The van der Waals surface area contributed by atoms with Gasteiger partial charge in [-0.15, -0.1) is 0 Å². The van der Waals surface area contributed by atoms with Crippen LogP contribution in [0.5, 0.6) is 0 Å². The van der Waals surface area contributed by atoms with E-state index in [-0.39, 0.29) is 0 Å². The predicted molar refractivity (Wildman–Crippen MR) is 65.6 cm³/mol. The van der Waals surface area contributed by atoms with Crippen LogP contribution in [0, 0.1) is 4.64 Å². The molecule has 4 nitrogen and oxygen atoms in total. The number of H-pyrrole nitrogens is 1. The Bertz CT molecular complexity index is 541. The van der Waals surface area contributed by atoms with Gasteiger partial charge < -0.3 is 4.98 Å². The lowest BCUT2D eigenvalue weighted by Crippen LogP contribution is -1.96. The van der Waals surface area contributed by atoms with E-state index >= 15 is 0 Å². The van der Waals surface area contributed by atoms with E-state index in [0.717, 1.165) is 29.9 Å². The second-order valence-electron chi connectivity index (χ2n) is 3.73. The van der Waals surface area contributed by atoms with E-state index in [9.17, 15) is 0 Å². The van der Waals surface area contributed by atoms with E-state index in [1.807, 2.05) is 25.5 Å². The molecule has 0 radical (unpaired) electrons. The van der Waals surface area contributed by atoms with Gasteiger partial charge in [-0.05, 0) is 12.5 Å². The molecule has 0 saturated carbocycles. The lowest BCUT2D eigenvalue weighted by Gasteiger charge is -2.02. The maximum atomic E-state index is 5.15. The third-order valence-corrected chi connectivity index (χ3v) is 2.50. The number of rotatable bonds is 3. The lowest BCUT2D eigenvalue weighted by molar-refractivity contribution is 0.768. The highest BCUT2D eigenvalue weighted by Gasteiger charge is 2.03. The quantitative estimate of drug-likeness (QED) is 0.830. The van der Waals surface area contributed by atoms with Crippen LogP contribution < -0.4 is 0 Å². The van der Waals surface area contributed by atoms with Crippen molar-refractivity contribution in [2.24, 2.45) is 7.05 Å². The average molecular weight is 234 g/mol. The Labute approximate surface area is 99.4 Å². The molecule has 0 aliphatic heterocycles. The highest BCUT2D eigenvalue weighted by Crippen LogP contribution is 2.15. The molecule has 1 N–H and O–H groups in total. The van der Waals surface area contributed by atoms with Gasteiger partial charge >= 0.3 is 0 Å². The number of aromatic nitrogens is 4. The Morgan fingerprint density at radius 3 is 2.94 bits per heavy atom. The van der Waals surface area contributed by atoms with Gasteiger partial charge in [-0.2, -0.15) is 5.10 Å². The molecule has 2 heterocycles. The molecule has 0 fully saturated rings. The molecule has 0 spiro atoms. The van der Waals surface area contributed by atoms with Crippen molar-refractivity contribution >= 4 is 12.2 Å². The number of hydrogen-bond acceptors (Lipinski definition) is 3. The second kappa shape index (κ2) is 4.57. The first-order chi connectivity index (χ1) is 7.69. The van der Waals surface area contributed by atoms with Crippen molar-refractivity contribution in [1.29, 1.82) is 0 Å². The molecular formula is C11H14N4S. The number of aryl methyl sites for hydroxylation is 2. The molecular weight excluding hydrogens is 220 g/mol. The first kappa shape index (κ1) is 11.0. The standard InChI is InChI=1S/C11H14N4S/c1-3-4-10-13-9(5-11(16)14-10)8-6-12-15(2)7-8/h5-7H,3-4H2,1-2H3,(H,13,14,16). The topological polar surface area (TPSA) is 46.5 Å². The zero-order valence-corrected chi connectivity index (χ0v) is 10.2. The molecule has 0 atom stereocenters. The third-order valence-electron chi connectivity index (χ3n) is 2.29. The highest BCUT2D eigenvalue weighted by atomic mass is 32.1. The molecule has 2 rings (SSSR count). The van der Waals surface area contributed by atoms with Crippen LogP contribution >= 0.6 is 12.2 Å². The molecule has 0 bridgehead atoms. The van der Waals surface area contributed by atoms with Gasteiger partial charge in [0.05, 0.1) is 11.9 Å². The van der Waals surface area contributed by atoms with Crippen molar-refractivity contribution in [3.63, 3.8) is 0 Å². The summed E-state index contributed by atoms with van der Waals surface area (Å²) in [5.41, 5.74) is 2.02. The van der Waals surface area contributed by atoms with Crippen molar-refractivity contribution in [1.82, 2.24) is 19.7 Å². The molecule has 16 heavy (non-hydrogen) atoms. The number of nitrogens with one attached hydrogen (secondary N) is 1. The minimum absolute atomic E-state index is 0.626. The van der Waals surface area contributed by atoms with Crippen molar-refractivity contribution in [3.05, 3.63) is 28.9 Å². The van der Waals surface area contributed by atoms with E-state index in [1.165, 1.54) is 0 Å². The molecule has 2 aromatic heterocycles. The normalized spacial score (nSPS) is 10.6. The smallest absolute Gasteiger partial charge is 0.130 e. The number of hydrogen-bond donors (Lipinski definition) is 1. The van der Waals surface area contributed by atoms with Crippen molar-refractivity contribution in [3.8, 4) is 11.3 Å². The minimum Gasteiger partial charge on any atom is -0.343 e. The van der Waals surface area contributed by atoms with Crippen molar-refractivity contribution in [2.45, 2.75) is 19.8 Å². The predicted octanol–water partition coefficient (Wildman–Crippen LogP) is 2.49. The van der Waals surface area contributed by atoms with Gasteiger partial charge in [0.2, 0.25) is 0 Å². The fraction of sp³-hybridized carbons (Fsp3) is 0.364. The second-order valence-corrected chi connectivity index (χ2v) is 4.15. The van der Waals surface area contributed by atoms with E-state index in [2.05, 4.69) is 22.0 Å². The van der Waals surface area contributed by atoms with Crippen LogP contribution in [0.25, 0.3) is 11.3 Å². The van der Waals surface area contributed by atoms with Crippen LogP contribution in [0.3, 0.4) is 0 Å². The van der Waals surface area contributed by atoms with Gasteiger partial charge in [-0.3, -0.25) is 4.68 Å². The molecule has 0 aliphatic rings. The van der Waals surface area contributed by atoms with Crippen molar-refractivity contribution in [2.75, 3.05) is 0 Å². The molecule has 0 saturated heterocycles. The van der Waals surface area contributed by atoms with E-state index < -0.39 is 0 Å². The highest BCUT2D eigenvalue weighted by molar-refractivity contribution is 7.71. The number of aromatic amines is 1. The summed E-state index contributed by atoms with van der Waals surface area (Å²) in [5, 5.41) is 4.14. The molecule has 5 heteroatoms. The van der Waals surface area contributed by atoms with Crippen molar-refractivity contribution < 1.29 is 0 Å². The molecule has 2 aromatic rings. The molecule has 84 valence electrons. The van der Waals surface area contributed by atoms with Crippen LogP contribution in [0.1, 0.15) is 19.2 Å². The Balaban J connectivity index is 2.44. The van der Waals surface area contributed by atoms with E-state index in [0.29, 0.717) is 4.64 Å². The third kappa shape index (κ3) is 2.36. The average Bonchev–Trinajstić information content (AvgIpc) is 2.64. The van der Waals surface area contributed by atoms with Gasteiger partial charge in [0.25, 0.3) is 0 Å². The molecule has 0 amide bonds. The van der Waals surface area contributed by atoms with Crippen LogP contribution in [0.15, 0.2) is 18.5 Å². The Hall–Kier alpha value is -1.49. The van der Waals surface area contributed by atoms with Gasteiger partial charge in [0.15, 0.2) is 0 Å². The largest absolute Gasteiger partial charge is 0.343 e. The summed E-state index contributed by atoms with van der Waals surface area (Å²) in [4.78, 5) is 7.57. The first-order valence-corrected chi connectivity index (χ1v) is 5.69. The summed E-state index contributed by atoms with van der Waals surface area (Å²) in [6.45, 7) is 2.12. The van der Waals surface area contributed by atoms with Crippen LogP contribution in [0.2, 0.25) is 0 Å². The first-order valence-electron chi connectivity index (χ1n) is 5.28. The minimum atomic E-state index is 0.626.